The van der Waals surface area contributed by atoms with Crippen LogP contribution in [0, 0.1) is 5.92 Å². The Balaban J connectivity index is 1.50. The van der Waals surface area contributed by atoms with E-state index in [1.165, 1.54) is 13.5 Å². The second kappa shape index (κ2) is 10.3. The molecule has 1 N–H and O–H groups in total. The molecule has 0 aliphatic carbocycles. The Morgan fingerprint density at radius 1 is 1.29 bits per heavy atom. The van der Waals surface area contributed by atoms with Gasteiger partial charge in [-0.15, -0.1) is 0 Å². The molecule has 0 aromatic heterocycles. The Hall–Kier alpha value is -2.28. The minimum atomic E-state index is -0.463. The van der Waals surface area contributed by atoms with E-state index in [1.807, 2.05) is 29.2 Å². The number of piperidine rings is 1. The lowest BCUT2D eigenvalue weighted by molar-refractivity contribution is -0.122. The number of hydrogen-bond donors (Lipinski definition) is 1. The molecule has 2 fully saturated rings. The van der Waals surface area contributed by atoms with Gasteiger partial charge >= 0.3 is 6.09 Å². The van der Waals surface area contributed by atoms with E-state index in [-0.39, 0.29) is 0 Å². The van der Waals surface area contributed by atoms with Crippen molar-refractivity contribution < 1.29 is 19.1 Å². The highest BCUT2D eigenvalue weighted by Crippen LogP contribution is 2.27. The van der Waals surface area contributed by atoms with E-state index >= 15 is 0 Å². The highest BCUT2D eigenvalue weighted by atomic mass is 16.5. The third-order valence-electron chi connectivity index (χ3n) is 5.77. The first kappa shape index (κ1) is 20.5. The lowest BCUT2D eigenvalue weighted by Gasteiger charge is -2.36. The van der Waals surface area contributed by atoms with Gasteiger partial charge in [0, 0.05) is 50.3 Å². The zero-order chi connectivity index (χ0) is 19.8. The van der Waals surface area contributed by atoms with Gasteiger partial charge in [-0.05, 0) is 62.3 Å². The highest BCUT2D eigenvalue weighted by Gasteiger charge is 2.24. The maximum Gasteiger partial charge on any atom is 0.411 e. The van der Waals surface area contributed by atoms with Crippen LogP contribution < -0.4 is 10.2 Å². The molecule has 154 valence electrons. The lowest BCUT2D eigenvalue weighted by Crippen LogP contribution is -2.41. The van der Waals surface area contributed by atoms with Crippen molar-refractivity contribution >= 4 is 23.9 Å². The zero-order valence-electron chi connectivity index (χ0n) is 16.6. The summed E-state index contributed by atoms with van der Waals surface area (Å²) in [5.74, 6) is 0.587. The van der Waals surface area contributed by atoms with Crippen LogP contribution in [0.5, 0.6) is 0 Å². The second-order valence-corrected chi connectivity index (χ2v) is 7.59. The maximum absolute atomic E-state index is 11.5. The Morgan fingerprint density at radius 2 is 2.04 bits per heavy atom. The van der Waals surface area contributed by atoms with Crippen LogP contribution in [0.1, 0.15) is 32.1 Å². The van der Waals surface area contributed by atoms with Crippen molar-refractivity contribution in [3.8, 4) is 0 Å². The first-order valence-electron chi connectivity index (χ1n) is 10.2. The van der Waals surface area contributed by atoms with Crippen molar-refractivity contribution in [2.75, 3.05) is 50.2 Å². The summed E-state index contributed by atoms with van der Waals surface area (Å²) in [5, 5.41) is 2.67. The van der Waals surface area contributed by atoms with Gasteiger partial charge in [0.1, 0.15) is 0 Å². The van der Waals surface area contributed by atoms with Crippen molar-refractivity contribution in [2.24, 2.45) is 5.92 Å². The number of amides is 2. The number of methoxy groups -OCH3 is 1. The number of nitrogens with zero attached hydrogens (tertiary/aromatic N) is 2. The van der Waals surface area contributed by atoms with Gasteiger partial charge in [-0.3, -0.25) is 10.1 Å². The quantitative estimate of drug-likeness (QED) is 0.726. The average molecular weight is 389 g/mol. The van der Waals surface area contributed by atoms with E-state index in [4.69, 9.17) is 4.74 Å². The SMILES string of the molecule is COC(=O)Nc1ccc(N2CCCC(CCN(C=O)C3CCOCC3)C2)cc1. The molecule has 0 radical (unpaired) electrons. The molecule has 1 aromatic rings. The van der Waals surface area contributed by atoms with Crippen molar-refractivity contribution in [3.63, 3.8) is 0 Å². The Kier molecular flexibility index (Phi) is 7.54. The highest BCUT2D eigenvalue weighted by molar-refractivity contribution is 5.84. The molecule has 1 unspecified atom stereocenters. The van der Waals surface area contributed by atoms with Gasteiger partial charge < -0.3 is 19.3 Å². The fourth-order valence-corrected chi connectivity index (χ4v) is 4.13. The zero-order valence-corrected chi connectivity index (χ0v) is 16.6. The molecule has 2 aliphatic heterocycles. The lowest BCUT2D eigenvalue weighted by atomic mass is 9.93. The van der Waals surface area contributed by atoms with Crippen LogP contribution in [0.25, 0.3) is 0 Å². The van der Waals surface area contributed by atoms with E-state index < -0.39 is 6.09 Å². The van der Waals surface area contributed by atoms with Crippen LogP contribution >= 0.6 is 0 Å². The summed E-state index contributed by atoms with van der Waals surface area (Å²) in [5.41, 5.74) is 1.89. The van der Waals surface area contributed by atoms with Crippen LogP contribution in [0.4, 0.5) is 16.2 Å². The second-order valence-electron chi connectivity index (χ2n) is 7.59. The van der Waals surface area contributed by atoms with E-state index in [0.29, 0.717) is 12.0 Å². The number of benzene rings is 1. The normalized spacial score (nSPS) is 20.5. The molecular formula is C21H31N3O4. The maximum atomic E-state index is 11.5. The van der Waals surface area contributed by atoms with E-state index in [9.17, 15) is 9.59 Å². The number of ether oxygens (including phenoxy) is 2. The van der Waals surface area contributed by atoms with Crippen LogP contribution in [0.2, 0.25) is 0 Å². The molecule has 1 atom stereocenters. The van der Waals surface area contributed by atoms with Crippen LogP contribution in [0.15, 0.2) is 24.3 Å². The number of hydrogen-bond acceptors (Lipinski definition) is 5. The van der Waals surface area contributed by atoms with Gasteiger partial charge in [0.15, 0.2) is 0 Å². The van der Waals surface area contributed by atoms with E-state index in [2.05, 4.69) is 15.0 Å². The Labute approximate surface area is 167 Å². The summed E-state index contributed by atoms with van der Waals surface area (Å²) in [7, 11) is 1.35. The predicted octanol–water partition coefficient (Wildman–Crippen LogP) is 3.11. The number of carbonyl (C=O) groups is 2. The topological polar surface area (TPSA) is 71.1 Å². The van der Waals surface area contributed by atoms with Gasteiger partial charge in [-0.2, -0.15) is 0 Å². The van der Waals surface area contributed by atoms with Crippen molar-refractivity contribution in [3.05, 3.63) is 24.3 Å². The predicted molar refractivity (Wildman–Crippen MR) is 109 cm³/mol. The fourth-order valence-electron chi connectivity index (χ4n) is 4.13. The summed E-state index contributed by atoms with van der Waals surface area (Å²) in [4.78, 5) is 27.2. The summed E-state index contributed by atoms with van der Waals surface area (Å²) in [6.07, 6.45) is 5.85. The average Bonchev–Trinajstić information content (AvgIpc) is 2.75. The van der Waals surface area contributed by atoms with Crippen LogP contribution in [-0.4, -0.2) is 63.4 Å². The van der Waals surface area contributed by atoms with Gasteiger partial charge in [-0.25, -0.2) is 4.79 Å². The molecule has 2 heterocycles. The number of anilines is 2. The molecule has 0 spiro atoms. The molecule has 0 bridgehead atoms. The van der Waals surface area contributed by atoms with E-state index in [0.717, 1.165) is 76.3 Å². The summed E-state index contributed by atoms with van der Waals surface area (Å²) in [6.45, 7) is 4.39. The van der Waals surface area contributed by atoms with Gasteiger partial charge in [0.25, 0.3) is 0 Å². The molecule has 2 aliphatic rings. The fraction of sp³-hybridized carbons (Fsp3) is 0.619. The Bertz CT molecular complexity index is 631. The van der Waals surface area contributed by atoms with Crippen LogP contribution in [0.3, 0.4) is 0 Å². The smallest absolute Gasteiger partial charge is 0.411 e. The number of rotatable bonds is 7. The number of carbonyl (C=O) groups excluding carboxylic acids is 2. The van der Waals surface area contributed by atoms with Crippen molar-refractivity contribution in [1.29, 1.82) is 0 Å². The molecule has 1 aromatic carbocycles. The van der Waals surface area contributed by atoms with Crippen molar-refractivity contribution in [2.45, 2.75) is 38.1 Å². The first-order chi connectivity index (χ1) is 13.7. The molecule has 3 rings (SSSR count). The third kappa shape index (κ3) is 5.61. The van der Waals surface area contributed by atoms with Crippen LogP contribution in [-0.2, 0) is 14.3 Å². The molecule has 7 heteroatoms. The standard InChI is InChI=1S/C21H31N3O4/c1-27-21(26)22-18-4-6-19(7-5-18)23-11-2-3-17(15-23)8-12-24(16-25)20-9-13-28-14-10-20/h4-7,16-17,20H,2-3,8-15H2,1H3,(H,22,26). The summed E-state index contributed by atoms with van der Waals surface area (Å²) in [6, 6.07) is 8.20. The molecular weight excluding hydrogens is 358 g/mol. The van der Waals surface area contributed by atoms with Gasteiger partial charge in [0.05, 0.1) is 7.11 Å². The summed E-state index contributed by atoms with van der Waals surface area (Å²) >= 11 is 0. The van der Waals surface area contributed by atoms with Gasteiger partial charge in [0.2, 0.25) is 6.41 Å². The third-order valence-corrected chi connectivity index (χ3v) is 5.77. The van der Waals surface area contributed by atoms with E-state index in [1.54, 1.807) is 0 Å². The molecule has 28 heavy (non-hydrogen) atoms. The minimum absolute atomic E-state index is 0.334. The first-order valence-corrected chi connectivity index (χ1v) is 10.2. The van der Waals surface area contributed by atoms with Crippen molar-refractivity contribution in [1.82, 2.24) is 4.90 Å². The largest absolute Gasteiger partial charge is 0.453 e. The Morgan fingerprint density at radius 3 is 2.71 bits per heavy atom. The minimum Gasteiger partial charge on any atom is -0.453 e. The number of nitrogens with one attached hydrogen (secondary N) is 1. The molecule has 2 amide bonds. The monoisotopic (exact) mass is 389 g/mol. The molecule has 7 nitrogen and oxygen atoms in total. The summed E-state index contributed by atoms with van der Waals surface area (Å²) < 4.78 is 10.0. The van der Waals surface area contributed by atoms with Gasteiger partial charge in [-0.1, -0.05) is 0 Å². The molecule has 0 saturated carbocycles. The molecule has 2 saturated heterocycles.